The molecule has 2 heterocycles. The van der Waals surface area contributed by atoms with E-state index in [1.807, 2.05) is 18.2 Å². The Morgan fingerprint density at radius 2 is 2.04 bits per heavy atom. The van der Waals surface area contributed by atoms with Crippen LogP contribution in [0.5, 0.6) is 5.88 Å². The van der Waals surface area contributed by atoms with Crippen molar-refractivity contribution in [2.75, 3.05) is 26.7 Å². The molecule has 5 nitrogen and oxygen atoms in total. The molecular weight excluding hydrogens is 439 g/mol. The third kappa shape index (κ3) is 5.33. The number of benzene rings is 1. The van der Waals surface area contributed by atoms with Crippen LogP contribution in [0.4, 0.5) is 0 Å². The Morgan fingerprint density at radius 1 is 1.23 bits per heavy atom. The van der Waals surface area contributed by atoms with E-state index >= 15 is 0 Å². The second-order valence-electron chi connectivity index (χ2n) is 6.18. The van der Waals surface area contributed by atoms with E-state index < -0.39 is 0 Å². The summed E-state index contributed by atoms with van der Waals surface area (Å²) in [7, 11) is 1.63. The summed E-state index contributed by atoms with van der Waals surface area (Å²) in [6.07, 6.45) is 1.16. The van der Waals surface area contributed by atoms with Crippen LogP contribution in [0.15, 0.2) is 53.5 Å². The monoisotopic (exact) mass is 466 g/mol. The van der Waals surface area contributed by atoms with Crippen molar-refractivity contribution in [1.82, 2.24) is 15.2 Å². The van der Waals surface area contributed by atoms with Gasteiger partial charge < -0.3 is 15.0 Å². The van der Waals surface area contributed by atoms with Crippen LogP contribution < -0.4 is 10.1 Å². The smallest absolute Gasteiger partial charge is 0.213 e. The lowest BCUT2D eigenvalue weighted by molar-refractivity contribution is 0.396. The van der Waals surface area contributed by atoms with Gasteiger partial charge >= 0.3 is 0 Å². The first-order valence-corrected chi connectivity index (χ1v) is 8.88. The van der Waals surface area contributed by atoms with E-state index in [-0.39, 0.29) is 24.0 Å². The van der Waals surface area contributed by atoms with E-state index in [1.165, 1.54) is 5.56 Å². The lowest BCUT2D eigenvalue weighted by atomic mass is 9.99. The average molecular weight is 466 g/mol. The minimum Gasteiger partial charge on any atom is -0.481 e. The molecule has 2 aromatic rings. The Bertz CT molecular complexity index is 708. The molecule has 0 amide bonds. The number of pyridine rings is 1. The molecule has 140 valence electrons. The number of likely N-dealkylation sites (tertiary alicyclic amines) is 1. The van der Waals surface area contributed by atoms with Crippen LogP contribution in [-0.4, -0.2) is 42.6 Å². The Labute approximate surface area is 172 Å². The minimum atomic E-state index is 0. The Balaban J connectivity index is 0.00000243. The molecule has 1 saturated heterocycles. The summed E-state index contributed by atoms with van der Waals surface area (Å²) in [4.78, 5) is 11.6. The maximum atomic E-state index is 5.19. The molecule has 26 heavy (non-hydrogen) atoms. The molecular formula is C20H27IN4O. The van der Waals surface area contributed by atoms with E-state index in [9.17, 15) is 0 Å². The largest absolute Gasteiger partial charge is 0.481 e. The highest BCUT2D eigenvalue weighted by molar-refractivity contribution is 14.0. The van der Waals surface area contributed by atoms with Gasteiger partial charge in [0.1, 0.15) is 0 Å². The minimum absolute atomic E-state index is 0. The van der Waals surface area contributed by atoms with Crippen LogP contribution in [0.1, 0.15) is 30.5 Å². The van der Waals surface area contributed by atoms with Crippen molar-refractivity contribution in [1.29, 1.82) is 0 Å². The number of rotatable bonds is 5. The zero-order valence-electron chi connectivity index (χ0n) is 15.4. The molecule has 0 aliphatic carbocycles. The molecule has 1 atom stereocenters. The van der Waals surface area contributed by atoms with Gasteiger partial charge in [-0.05, 0) is 25.0 Å². The van der Waals surface area contributed by atoms with E-state index in [0.717, 1.165) is 37.7 Å². The van der Waals surface area contributed by atoms with Crippen molar-refractivity contribution >= 4 is 29.9 Å². The van der Waals surface area contributed by atoms with Crippen molar-refractivity contribution in [3.63, 3.8) is 0 Å². The number of aliphatic imine (C=N–C) groups is 1. The summed E-state index contributed by atoms with van der Waals surface area (Å²) < 4.78 is 5.19. The molecule has 1 fully saturated rings. The number of nitrogens with one attached hydrogen (secondary N) is 1. The van der Waals surface area contributed by atoms with Crippen molar-refractivity contribution in [2.24, 2.45) is 4.99 Å². The maximum Gasteiger partial charge on any atom is 0.213 e. The third-order valence-electron chi connectivity index (χ3n) is 4.47. The summed E-state index contributed by atoms with van der Waals surface area (Å²) in [5.41, 5.74) is 2.32. The normalized spacial score (nSPS) is 16.9. The molecule has 6 heteroatoms. The van der Waals surface area contributed by atoms with Crippen LogP contribution in [0.2, 0.25) is 0 Å². The lowest BCUT2D eigenvalue weighted by Crippen LogP contribution is -2.40. The Kier molecular flexibility index (Phi) is 8.15. The first-order valence-electron chi connectivity index (χ1n) is 8.88. The van der Waals surface area contributed by atoms with E-state index in [1.54, 1.807) is 7.11 Å². The van der Waals surface area contributed by atoms with Crippen molar-refractivity contribution < 1.29 is 4.74 Å². The summed E-state index contributed by atoms with van der Waals surface area (Å²) >= 11 is 0. The van der Waals surface area contributed by atoms with Crippen LogP contribution in [0.3, 0.4) is 0 Å². The van der Waals surface area contributed by atoms with Crippen LogP contribution >= 0.6 is 24.0 Å². The SMILES string of the molecule is CCNC(=NCc1cccc(OC)n1)N1CCC(c2ccccc2)C1.I. The highest BCUT2D eigenvalue weighted by Crippen LogP contribution is 2.26. The van der Waals surface area contributed by atoms with E-state index in [2.05, 4.69) is 52.5 Å². The fraction of sp³-hybridized carbons (Fsp3) is 0.400. The zero-order chi connectivity index (χ0) is 17.5. The molecule has 1 unspecified atom stereocenters. The summed E-state index contributed by atoms with van der Waals surface area (Å²) in [6, 6.07) is 16.5. The second-order valence-corrected chi connectivity index (χ2v) is 6.18. The Morgan fingerprint density at radius 3 is 2.77 bits per heavy atom. The van der Waals surface area contributed by atoms with Crippen molar-refractivity contribution in [3.8, 4) is 5.88 Å². The highest BCUT2D eigenvalue weighted by atomic mass is 127. The number of methoxy groups -OCH3 is 1. The number of guanidine groups is 1. The molecule has 1 aromatic heterocycles. The molecule has 0 spiro atoms. The molecule has 3 rings (SSSR count). The van der Waals surface area contributed by atoms with E-state index in [0.29, 0.717) is 18.3 Å². The summed E-state index contributed by atoms with van der Waals surface area (Å²) in [6.45, 7) is 5.53. The number of hydrogen-bond donors (Lipinski definition) is 1. The van der Waals surface area contributed by atoms with Gasteiger partial charge in [0.25, 0.3) is 0 Å². The first-order chi connectivity index (χ1) is 12.3. The molecule has 1 N–H and O–H groups in total. The van der Waals surface area contributed by atoms with Gasteiger partial charge in [-0.2, -0.15) is 0 Å². The summed E-state index contributed by atoms with van der Waals surface area (Å²) in [5.74, 6) is 2.16. The number of aromatic nitrogens is 1. The molecule has 0 saturated carbocycles. The van der Waals surface area contributed by atoms with Crippen LogP contribution in [-0.2, 0) is 6.54 Å². The number of nitrogens with zero attached hydrogens (tertiary/aromatic N) is 3. The molecule has 1 aromatic carbocycles. The maximum absolute atomic E-state index is 5.19. The second kappa shape index (κ2) is 10.4. The number of ether oxygens (including phenoxy) is 1. The fourth-order valence-electron chi connectivity index (χ4n) is 3.19. The third-order valence-corrected chi connectivity index (χ3v) is 4.47. The van der Waals surface area contributed by atoms with Crippen molar-refractivity contribution in [2.45, 2.75) is 25.8 Å². The predicted octanol–water partition coefficient (Wildman–Crippen LogP) is 3.66. The van der Waals surface area contributed by atoms with Gasteiger partial charge in [0.15, 0.2) is 5.96 Å². The average Bonchev–Trinajstić information content (AvgIpc) is 3.16. The number of hydrogen-bond acceptors (Lipinski definition) is 3. The molecule has 1 aliphatic heterocycles. The highest BCUT2D eigenvalue weighted by Gasteiger charge is 2.25. The Hall–Kier alpha value is -1.83. The van der Waals surface area contributed by atoms with Gasteiger partial charge in [-0.15, -0.1) is 24.0 Å². The number of halogens is 1. The van der Waals surface area contributed by atoms with Gasteiger partial charge in [-0.1, -0.05) is 36.4 Å². The lowest BCUT2D eigenvalue weighted by Gasteiger charge is -2.21. The van der Waals surface area contributed by atoms with Gasteiger partial charge in [-0.25, -0.2) is 9.98 Å². The van der Waals surface area contributed by atoms with Crippen molar-refractivity contribution in [3.05, 3.63) is 59.8 Å². The standard InChI is InChI=1S/C20H26N4O.HI/c1-3-21-20(22-14-18-10-7-11-19(23-18)25-2)24-13-12-17(15-24)16-8-5-4-6-9-16;/h4-11,17H,3,12-15H2,1-2H3,(H,21,22);1H. The first kappa shape index (κ1) is 20.5. The molecule has 0 radical (unpaired) electrons. The van der Waals surface area contributed by atoms with Gasteiger partial charge in [0.05, 0.1) is 19.3 Å². The van der Waals surface area contributed by atoms with E-state index in [4.69, 9.17) is 9.73 Å². The van der Waals surface area contributed by atoms with Gasteiger partial charge in [0.2, 0.25) is 5.88 Å². The fourth-order valence-corrected chi connectivity index (χ4v) is 3.19. The van der Waals surface area contributed by atoms with Gasteiger partial charge in [-0.3, -0.25) is 0 Å². The molecule has 0 bridgehead atoms. The van der Waals surface area contributed by atoms with Gasteiger partial charge in [0, 0.05) is 31.6 Å². The van der Waals surface area contributed by atoms with Crippen LogP contribution in [0, 0.1) is 0 Å². The quantitative estimate of drug-likeness (QED) is 0.415. The van der Waals surface area contributed by atoms with Crippen LogP contribution in [0.25, 0.3) is 0 Å². The predicted molar refractivity (Wildman–Crippen MR) is 116 cm³/mol. The zero-order valence-corrected chi connectivity index (χ0v) is 17.7. The topological polar surface area (TPSA) is 49.8 Å². The molecule has 1 aliphatic rings. The summed E-state index contributed by atoms with van der Waals surface area (Å²) in [5, 5.41) is 3.41.